The molecule has 1 heteroatoms. The van der Waals surface area contributed by atoms with E-state index in [0.717, 1.165) is 6.54 Å². The van der Waals surface area contributed by atoms with Crippen molar-refractivity contribution in [3.63, 3.8) is 0 Å². The van der Waals surface area contributed by atoms with Gasteiger partial charge in [-0.3, -0.25) is 0 Å². The van der Waals surface area contributed by atoms with E-state index in [9.17, 15) is 0 Å². The zero-order valence-corrected chi connectivity index (χ0v) is 12.2. The minimum Gasteiger partial charge on any atom is -0.315 e. The quantitative estimate of drug-likeness (QED) is 0.531. The third-order valence-corrected chi connectivity index (χ3v) is 3.37. The summed E-state index contributed by atoms with van der Waals surface area (Å²) >= 11 is 0. The van der Waals surface area contributed by atoms with Crippen LogP contribution in [-0.4, -0.2) is 12.6 Å². The van der Waals surface area contributed by atoms with Gasteiger partial charge in [-0.15, -0.1) is 0 Å². The second-order valence-corrected chi connectivity index (χ2v) is 5.99. The summed E-state index contributed by atoms with van der Waals surface area (Å²) in [4.78, 5) is 0. The Morgan fingerprint density at radius 3 is 2.19 bits per heavy atom. The van der Waals surface area contributed by atoms with Crippen LogP contribution in [0.4, 0.5) is 0 Å². The zero-order chi connectivity index (χ0) is 12.4. The maximum absolute atomic E-state index is 3.51. The first-order valence-electron chi connectivity index (χ1n) is 7.25. The molecule has 0 aromatic carbocycles. The molecule has 16 heavy (non-hydrogen) atoms. The van der Waals surface area contributed by atoms with Crippen LogP contribution >= 0.6 is 0 Å². The van der Waals surface area contributed by atoms with Crippen molar-refractivity contribution in [1.82, 2.24) is 5.32 Å². The third-order valence-electron chi connectivity index (χ3n) is 3.37. The number of rotatable bonds is 10. The molecule has 0 spiro atoms. The van der Waals surface area contributed by atoms with Gasteiger partial charge in [0, 0.05) is 6.04 Å². The highest BCUT2D eigenvalue weighted by atomic mass is 14.9. The van der Waals surface area contributed by atoms with Gasteiger partial charge >= 0.3 is 0 Å². The summed E-state index contributed by atoms with van der Waals surface area (Å²) in [5, 5.41) is 3.51. The maximum atomic E-state index is 3.51. The van der Waals surface area contributed by atoms with Crippen LogP contribution in [0.15, 0.2) is 0 Å². The molecule has 1 nitrogen and oxygen atoms in total. The summed E-state index contributed by atoms with van der Waals surface area (Å²) in [6, 6.07) is 0.663. The Morgan fingerprint density at radius 1 is 1.00 bits per heavy atom. The Balaban J connectivity index is 3.60. The largest absolute Gasteiger partial charge is 0.315 e. The van der Waals surface area contributed by atoms with Crippen molar-refractivity contribution in [2.75, 3.05) is 6.54 Å². The van der Waals surface area contributed by atoms with Crippen LogP contribution < -0.4 is 5.32 Å². The lowest BCUT2D eigenvalue weighted by Crippen LogP contribution is -2.31. The van der Waals surface area contributed by atoms with Crippen molar-refractivity contribution in [1.29, 1.82) is 0 Å². The normalized spacial score (nSPS) is 14.1. The first-order chi connectivity index (χ1) is 7.52. The molecule has 0 fully saturated rings. The lowest BCUT2D eigenvalue weighted by Gasteiger charge is -2.28. The van der Waals surface area contributed by atoms with Crippen molar-refractivity contribution in [3.8, 4) is 0 Å². The van der Waals surface area contributed by atoms with Crippen LogP contribution in [0, 0.1) is 5.41 Å². The van der Waals surface area contributed by atoms with E-state index < -0.39 is 0 Å². The van der Waals surface area contributed by atoms with Gasteiger partial charge in [0.1, 0.15) is 0 Å². The molecule has 0 aromatic heterocycles. The van der Waals surface area contributed by atoms with Crippen LogP contribution in [0.2, 0.25) is 0 Å². The van der Waals surface area contributed by atoms with E-state index in [1.165, 1.54) is 44.9 Å². The van der Waals surface area contributed by atoms with Gasteiger partial charge in [-0.25, -0.2) is 0 Å². The highest BCUT2D eigenvalue weighted by molar-refractivity contribution is 4.74. The van der Waals surface area contributed by atoms with Gasteiger partial charge in [0.2, 0.25) is 0 Å². The second-order valence-electron chi connectivity index (χ2n) is 5.99. The molecule has 1 atom stereocenters. The standard InChI is InChI=1S/C15H33N/c1-6-8-9-10-11-12-15(4,5)13-14(3)16-7-2/h14,16H,6-13H2,1-5H3. The van der Waals surface area contributed by atoms with Gasteiger partial charge in [-0.1, -0.05) is 59.8 Å². The lowest BCUT2D eigenvalue weighted by molar-refractivity contribution is 0.260. The molecule has 0 aromatic rings. The topological polar surface area (TPSA) is 12.0 Å². The van der Waals surface area contributed by atoms with Crippen LogP contribution in [0.5, 0.6) is 0 Å². The van der Waals surface area contributed by atoms with Crippen molar-refractivity contribution in [3.05, 3.63) is 0 Å². The SMILES string of the molecule is CCCCCCCC(C)(C)CC(C)NCC. The van der Waals surface area contributed by atoms with E-state index in [1.54, 1.807) is 0 Å². The van der Waals surface area contributed by atoms with E-state index in [1.807, 2.05) is 0 Å². The van der Waals surface area contributed by atoms with Crippen molar-refractivity contribution in [2.45, 2.75) is 85.6 Å². The van der Waals surface area contributed by atoms with E-state index >= 15 is 0 Å². The van der Waals surface area contributed by atoms with Gasteiger partial charge in [-0.2, -0.15) is 0 Å². The fourth-order valence-corrected chi connectivity index (χ4v) is 2.56. The Hall–Kier alpha value is -0.0400. The molecule has 0 amide bonds. The smallest absolute Gasteiger partial charge is 0.00436 e. The fraction of sp³-hybridized carbons (Fsp3) is 1.00. The number of nitrogens with one attached hydrogen (secondary N) is 1. The van der Waals surface area contributed by atoms with Crippen LogP contribution in [-0.2, 0) is 0 Å². The molecule has 0 aliphatic rings. The molecule has 1 N–H and O–H groups in total. The third kappa shape index (κ3) is 9.21. The summed E-state index contributed by atoms with van der Waals surface area (Å²) < 4.78 is 0. The fourth-order valence-electron chi connectivity index (χ4n) is 2.56. The molecule has 0 aliphatic heterocycles. The number of hydrogen-bond acceptors (Lipinski definition) is 1. The molecule has 0 saturated carbocycles. The highest BCUT2D eigenvalue weighted by Gasteiger charge is 2.19. The molecule has 0 saturated heterocycles. The Morgan fingerprint density at radius 2 is 1.62 bits per heavy atom. The van der Waals surface area contributed by atoms with E-state index in [-0.39, 0.29) is 0 Å². The minimum atomic E-state index is 0.508. The van der Waals surface area contributed by atoms with Gasteiger partial charge in [0.05, 0.1) is 0 Å². The van der Waals surface area contributed by atoms with Gasteiger partial charge in [-0.05, 0) is 31.7 Å². The lowest BCUT2D eigenvalue weighted by atomic mass is 9.81. The molecule has 0 radical (unpaired) electrons. The molecule has 0 aliphatic carbocycles. The van der Waals surface area contributed by atoms with Gasteiger partial charge < -0.3 is 5.32 Å². The van der Waals surface area contributed by atoms with E-state index in [2.05, 4.69) is 39.9 Å². The van der Waals surface area contributed by atoms with E-state index in [0.29, 0.717) is 11.5 Å². The molecular weight excluding hydrogens is 194 g/mol. The number of unbranched alkanes of at least 4 members (excludes halogenated alkanes) is 4. The maximum Gasteiger partial charge on any atom is 0.00436 e. The van der Waals surface area contributed by atoms with Crippen LogP contribution in [0.3, 0.4) is 0 Å². The van der Waals surface area contributed by atoms with Crippen molar-refractivity contribution < 1.29 is 0 Å². The molecule has 0 rings (SSSR count). The first-order valence-corrected chi connectivity index (χ1v) is 7.25. The molecule has 0 heterocycles. The summed E-state index contributed by atoms with van der Waals surface area (Å²) in [5.74, 6) is 0. The van der Waals surface area contributed by atoms with Crippen LogP contribution in [0.25, 0.3) is 0 Å². The average Bonchev–Trinajstić information content (AvgIpc) is 2.16. The monoisotopic (exact) mass is 227 g/mol. The Kier molecular flexibility index (Phi) is 9.02. The summed E-state index contributed by atoms with van der Waals surface area (Å²) in [5.41, 5.74) is 0.508. The minimum absolute atomic E-state index is 0.508. The predicted molar refractivity (Wildman–Crippen MR) is 74.9 cm³/mol. The second kappa shape index (κ2) is 9.04. The zero-order valence-electron chi connectivity index (χ0n) is 12.2. The average molecular weight is 227 g/mol. The first kappa shape index (κ1) is 16.0. The Labute approximate surface area is 103 Å². The predicted octanol–water partition coefficient (Wildman–Crippen LogP) is 4.76. The molecule has 0 bridgehead atoms. The van der Waals surface area contributed by atoms with Gasteiger partial charge in [0.25, 0.3) is 0 Å². The van der Waals surface area contributed by atoms with Crippen LogP contribution in [0.1, 0.15) is 79.6 Å². The van der Waals surface area contributed by atoms with Gasteiger partial charge in [0.15, 0.2) is 0 Å². The van der Waals surface area contributed by atoms with E-state index in [4.69, 9.17) is 0 Å². The summed E-state index contributed by atoms with van der Waals surface area (Å²) in [6.07, 6.45) is 9.70. The molecular formula is C15H33N. The summed E-state index contributed by atoms with van der Waals surface area (Å²) in [6.45, 7) is 12.7. The van der Waals surface area contributed by atoms with Crippen molar-refractivity contribution >= 4 is 0 Å². The molecule has 1 unspecified atom stereocenters. The highest BCUT2D eigenvalue weighted by Crippen LogP contribution is 2.29. The summed E-state index contributed by atoms with van der Waals surface area (Å²) in [7, 11) is 0. The molecule has 98 valence electrons. The number of hydrogen-bond donors (Lipinski definition) is 1. The van der Waals surface area contributed by atoms with Crippen molar-refractivity contribution in [2.24, 2.45) is 5.41 Å². The Bertz CT molecular complexity index is 152.